The van der Waals surface area contributed by atoms with Crippen molar-refractivity contribution >= 4 is 17.6 Å². The Hall–Kier alpha value is -2.37. The number of hydrogen-bond donors (Lipinski definition) is 1. The fourth-order valence-corrected chi connectivity index (χ4v) is 4.11. The summed E-state index contributed by atoms with van der Waals surface area (Å²) in [6.45, 7) is 4.30. The van der Waals surface area contributed by atoms with E-state index in [-0.39, 0.29) is 35.2 Å². The van der Waals surface area contributed by atoms with E-state index in [1.54, 1.807) is 12.1 Å². The summed E-state index contributed by atoms with van der Waals surface area (Å²) in [5, 5.41) is 9.36. The summed E-state index contributed by atoms with van der Waals surface area (Å²) in [5.74, 6) is 0.279. The number of carbonyl (C=O) groups excluding carboxylic acids is 3. The number of amides is 2. The fraction of sp³-hybridized carbons (Fsp3) is 0.571. The molecule has 27 heavy (non-hydrogen) atoms. The summed E-state index contributed by atoms with van der Waals surface area (Å²) in [6.07, 6.45) is 3.51. The van der Waals surface area contributed by atoms with Gasteiger partial charge in [0.1, 0.15) is 5.75 Å². The average Bonchev–Trinajstić information content (AvgIpc) is 2.73. The second kappa shape index (κ2) is 8.55. The minimum Gasteiger partial charge on any atom is -0.508 e. The maximum absolute atomic E-state index is 12.9. The van der Waals surface area contributed by atoms with Crippen LogP contribution in [0.5, 0.6) is 5.75 Å². The van der Waals surface area contributed by atoms with Crippen molar-refractivity contribution in [1.82, 2.24) is 9.80 Å². The predicted octanol–water partition coefficient (Wildman–Crippen LogP) is 2.46. The van der Waals surface area contributed by atoms with Crippen molar-refractivity contribution in [2.45, 2.75) is 39.0 Å². The van der Waals surface area contributed by atoms with E-state index in [2.05, 4.69) is 0 Å². The Morgan fingerprint density at radius 1 is 0.963 bits per heavy atom. The molecule has 1 atom stereocenters. The number of ketones is 1. The number of aromatic hydroxyl groups is 1. The molecule has 2 heterocycles. The Bertz CT molecular complexity index is 693. The van der Waals surface area contributed by atoms with E-state index < -0.39 is 0 Å². The van der Waals surface area contributed by atoms with Gasteiger partial charge >= 0.3 is 0 Å². The van der Waals surface area contributed by atoms with Crippen LogP contribution in [0.4, 0.5) is 0 Å². The highest BCUT2D eigenvalue weighted by Gasteiger charge is 2.34. The van der Waals surface area contributed by atoms with Gasteiger partial charge in [0.15, 0.2) is 5.78 Å². The van der Waals surface area contributed by atoms with Gasteiger partial charge in [-0.2, -0.15) is 0 Å². The van der Waals surface area contributed by atoms with Crippen molar-refractivity contribution in [3.8, 4) is 5.75 Å². The first-order valence-corrected chi connectivity index (χ1v) is 9.89. The molecule has 0 spiro atoms. The van der Waals surface area contributed by atoms with E-state index in [0.717, 1.165) is 19.4 Å². The molecule has 2 aliphatic rings. The van der Waals surface area contributed by atoms with Gasteiger partial charge in [-0.1, -0.05) is 6.92 Å². The normalized spacial score (nSPS) is 21.1. The molecule has 3 rings (SSSR count). The number of phenolic OH excluding ortho intramolecular Hbond substituents is 1. The number of benzene rings is 1. The summed E-state index contributed by atoms with van der Waals surface area (Å²) in [4.78, 5) is 41.1. The highest BCUT2D eigenvalue weighted by atomic mass is 16.3. The van der Waals surface area contributed by atoms with E-state index in [1.165, 1.54) is 12.1 Å². The molecule has 2 fully saturated rings. The zero-order chi connectivity index (χ0) is 19.4. The summed E-state index contributed by atoms with van der Waals surface area (Å²) in [6, 6.07) is 6.35. The number of piperidine rings is 2. The van der Waals surface area contributed by atoms with Crippen molar-refractivity contribution in [3.05, 3.63) is 29.8 Å². The van der Waals surface area contributed by atoms with Gasteiger partial charge < -0.3 is 14.9 Å². The summed E-state index contributed by atoms with van der Waals surface area (Å²) in [5.41, 5.74) is 0.610. The van der Waals surface area contributed by atoms with E-state index in [0.29, 0.717) is 44.5 Å². The maximum Gasteiger partial charge on any atom is 0.227 e. The van der Waals surface area contributed by atoms with Gasteiger partial charge in [-0.15, -0.1) is 0 Å². The van der Waals surface area contributed by atoms with Crippen molar-refractivity contribution in [2.75, 3.05) is 26.2 Å². The predicted molar refractivity (Wildman–Crippen MR) is 101 cm³/mol. The Morgan fingerprint density at radius 2 is 1.63 bits per heavy atom. The van der Waals surface area contributed by atoms with Gasteiger partial charge in [0.25, 0.3) is 0 Å². The van der Waals surface area contributed by atoms with Crippen LogP contribution in [0.3, 0.4) is 0 Å². The van der Waals surface area contributed by atoms with E-state index in [1.807, 2.05) is 16.7 Å². The molecule has 1 aromatic carbocycles. The quantitative estimate of drug-likeness (QED) is 0.824. The standard InChI is InChI=1S/C21H28N2O4/c1-2-19(25)23-11-3-4-17(14-23)21(27)22-12-9-16(10-13-22)20(26)15-5-7-18(24)8-6-15/h5-8,16-17,24H,2-4,9-14H2,1H3. The lowest BCUT2D eigenvalue weighted by atomic mass is 9.87. The maximum atomic E-state index is 12.9. The first kappa shape index (κ1) is 19.4. The zero-order valence-electron chi connectivity index (χ0n) is 15.9. The first-order chi connectivity index (χ1) is 13.0. The average molecular weight is 372 g/mol. The van der Waals surface area contributed by atoms with Crippen molar-refractivity contribution in [1.29, 1.82) is 0 Å². The lowest BCUT2D eigenvalue weighted by Crippen LogP contribution is -2.49. The first-order valence-electron chi connectivity index (χ1n) is 9.89. The monoisotopic (exact) mass is 372 g/mol. The van der Waals surface area contributed by atoms with Crippen LogP contribution in [0.15, 0.2) is 24.3 Å². The molecule has 1 aromatic rings. The Morgan fingerprint density at radius 3 is 2.26 bits per heavy atom. The van der Waals surface area contributed by atoms with E-state index in [9.17, 15) is 19.5 Å². The van der Waals surface area contributed by atoms with Crippen LogP contribution in [-0.4, -0.2) is 58.7 Å². The molecule has 0 bridgehead atoms. The zero-order valence-corrected chi connectivity index (χ0v) is 15.9. The molecule has 0 radical (unpaired) electrons. The molecule has 2 saturated heterocycles. The number of likely N-dealkylation sites (tertiary alicyclic amines) is 2. The molecule has 6 heteroatoms. The minimum atomic E-state index is -0.112. The third-order valence-electron chi connectivity index (χ3n) is 5.76. The number of rotatable bonds is 4. The molecule has 1 unspecified atom stereocenters. The second-order valence-corrected chi connectivity index (χ2v) is 7.54. The Kier molecular flexibility index (Phi) is 6.14. The minimum absolute atomic E-state index is 0.0804. The van der Waals surface area contributed by atoms with Crippen LogP contribution in [0.2, 0.25) is 0 Å². The lowest BCUT2D eigenvalue weighted by molar-refractivity contribution is -0.141. The third kappa shape index (κ3) is 4.49. The van der Waals surface area contributed by atoms with E-state index in [4.69, 9.17) is 0 Å². The van der Waals surface area contributed by atoms with E-state index >= 15 is 0 Å². The lowest BCUT2D eigenvalue weighted by Gasteiger charge is -2.37. The van der Waals surface area contributed by atoms with Crippen LogP contribution in [0.1, 0.15) is 49.4 Å². The second-order valence-electron chi connectivity index (χ2n) is 7.54. The number of nitrogens with zero attached hydrogens (tertiary/aromatic N) is 2. The van der Waals surface area contributed by atoms with Gasteiger partial charge in [-0.05, 0) is 49.9 Å². The van der Waals surface area contributed by atoms with Crippen LogP contribution in [0, 0.1) is 11.8 Å². The highest BCUT2D eigenvalue weighted by Crippen LogP contribution is 2.26. The topological polar surface area (TPSA) is 77.9 Å². The van der Waals surface area contributed by atoms with Crippen molar-refractivity contribution < 1.29 is 19.5 Å². The molecule has 146 valence electrons. The fourth-order valence-electron chi connectivity index (χ4n) is 4.11. The molecule has 2 aliphatic heterocycles. The molecule has 0 aromatic heterocycles. The molecule has 0 saturated carbocycles. The van der Waals surface area contributed by atoms with Gasteiger partial charge in [0, 0.05) is 44.1 Å². The van der Waals surface area contributed by atoms with Gasteiger partial charge in [0.2, 0.25) is 11.8 Å². The van der Waals surface area contributed by atoms with Crippen molar-refractivity contribution in [3.63, 3.8) is 0 Å². The number of phenols is 1. The van der Waals surface area contributed by atoms with Gasteiger partial charge in [0.05, 0.1) is 5.92 Å². The molecule has 6 nitrogen and oxygen atoms in total. The summed E-state index contributed by atoms with van der Waals surface area (Å²) >= 11 is 0. The number of hydrogen-bond acceptors (Lipinski definition) is 4. The highest BCUT2D eigenvalue weighted by molar-refractivity contribution is 5.98. The smallest absolute Gasteiger partial charge is 0.227 e. The summed E-state index contributed by atoms with van der Waals surface area (Å²) < 4.78 is 0. The van der Waals surface area contributed by atoms with Gasteiger partial charge in [-0.3, -0.25) is 14.4 Å². The van der Waals surface area contributed by atoms with Crippen LogP contribution < -0.4 is 0 Å². The number of Topliss-reactive ketones (excluding diaryl/α,β-unsaturated/α-hetero) is 1. The van der Waals surface area contributed by atoms with Gasteiger partial charge in [-0.25, -0.2) is 0 Å². The van der Waals surface area contributed by atoms with Crippen LogP contribution >= 0.6 is 0 Å². The number of carbonyl (C=O) groups is 3. The largest absolute Gasteiger partial charge is 0.508 e. The molecule has 2 amide bonds. The Balaban J connectivity index is 1.54. The molecular formula is C21H28N2O4. The molecule has 0 aliphatic carbocycles. The molecular weight excluding hydrogens is 344 g/mol. The SMILES string of the molecule is CCC(=O)N1CCCC(C(=O)N2CCC(C(=O)c3ccc(O)cc3)CC2)C1. The molecule has 1 N–H and O–H groups in total. The van der Waals surface area contributed by atoms with Crippen LogP contribution in [0.25, 0.3) is 0 Å². The van der Waals surface area contributed by atoms with Crippen LogP contribution in [-0.2, 0) is 9.59 Å². The van der Waals surface area contributed by atoms with Crippen molar-refractivity contribution in [2.24, 2.45) is 11.8 Å². The third-order valence-corrected chi connectivity index (χ3v) is 5.76. The Labute approximate surface area is 160 Å². The summed E-state index contributed by atoms with van der Waals surface area (Å²) in [7, 11) is 0.